The minimum atomic E-state index is -3.81. The third kappa shape index (κ3) is 5.65. The van der Waals surface area contributed by atoms with Gasteiger partial charge in [0.25, 0.3) is 0 Å². The van der Waals surface area contributed by atoms with E-state index in [0.29, 0.717) is 12.3 Å². The maximum atomic E-state index is 12.7. The van der Waals surface area contributed by atoms with E-state index in [4.69, 9.17) is 16.3 Å². The van der Waals surface area contributed by atoms with Crippen LogP contribution in [0, 0.1) is 5.41 Å². The number of likely N-dealkylation sites (N-methyl/N-ethyl adjacent to an activating group) is 1. The second kappa shape index (κ2) is 8.18. The fourth-order valence-corrected chi connectivity index (χ4v) is 3.66. The Morgan fingerprint density at radius 1 is 1.33 bits per heavy atom. The number of halogens is 1. The Bertz CT molecular complexity index is 684. The maximum absolute atomic E-state index is 12.7. The lowest BCUT2D eigenvalue weighted by molar-refractivity contribution is -0.121. The van der Waals surface area contributed by atoms with Gasteiger partial charge in [-0.3, -0.25) is 4.79 Å². The fourth-order valence-electron chi connectivity index (χ4n) is 1.90. The van der Waals surface area contributed by atoms with Gasteiger partial charge in [0.2, 0.25) is 15.9 Å². The second-order valence-corrected chi connectivity index (χ2v) is 8.91. The Labute approximate surface area is 149 Å². The predicted molar refractivity (Wildman–Crippen MR) is 94.9 cm³/mol. The van der Waals surface area contributed by atoms with Crippen LogP contribution in [-0.2, 0) is 14.8 Å². The first-order valence-corrected chi connectivity index (χ1v) is 9.43. The van der Waals surface area contributed by atoms with E-state index in [0.717, 1.165) is 4.31 Å². The molecule has 0 bridgehead atoms. The second-order valence-electron chi connectivity index (χ2n) is 6.56. The summed E-state index contributed by atoms with van der Waals surface area (Å²) < 4.78 is 31.5. The van der Waals surface area contributed by atoms with Gasteiger partial charge in [0, 0.05) is 13.1 Å². The molecular formula is C16H25ClN2O4S. The Morgan fingerprint density at radius 3 is 2.42 bits per heavy atom. The molecule has 0 aromatic heterocycles. The molecule has 0 heterocycles. The van der Waals surface area contributed by atoms with E-state index in [-0.39, 0.29) is 34.3 Å². The van der Waals surface area contributed by atoms with Crippen LogP contribution in [0.3, 0.4) is 0 Å². The molecular weight excluding hydrogens is 352 g/mol. The van der Waals surface area contributed by atoms with Gasteiger partial charge in [-0.15, -0.1) is 0 Å². The normalized spacial score (nSPS) is 12.3. The van der Waals surface area contributed by atoms with Gasteiger partial charge in [0.05, 0.1) is 23.6 Å². The number of methoxy groups -OCH3 is 1. The molecule has 1 aromatic carbocycles. The van der Waals surface area contributed by atoms with Crippen LogP contribution in [0.1, 0.15) is 27.7 Å². The molecule has 0 saturated carbocycles. The molecule has 1 N–H and O–H groups in total. The summed E-state index contributed by atoms with van der Waals surface area (Å²) in [5.74, 6) is 0.0524. The highest BCUT2D eigenvalue weighted by Gasteiger charge is 2.26. The van der Waals surface area contributed by atoms with E-state index < -0.39 is 10.0 Å². The zero-order valence-corrected chi connectivity index (χ0v) is 16.3. The molecule has 0 saturated heterocycles. The highest BCUT2D eigenvalue weighted by Crippen LogP contribution is 2.28. The Kier molecular flexibility index (Phi) is 7.07. The van der Waals surface area contributed by atoms with Crippen LogP contribution in [-0.4, -0.2) is 45.4 Å². The predicted octanol–water partition coefficient (Wildman–Crippen LogP) is 2.52. The Morgan fingerprint density at radius 2 is 1.96 bits per heavy atom. The van der Waals surface area contributed by atoms with Crippen LogP contribution in [0.5, 0.6) is 5.75 Å². The molecule has 0 spiro atoms. The number of nitrogens with zero attached hydrogens (tertiary/aromatic N) is 1. The van der Waals surface area contributed by atoms with Gasteiger partial charge in [-0.1, -0.05) is 39.3 Å². The number of rotatable bonds is 7. The lowest BCUT2D eigenvalue weighted by Crippen LogP contribution is -2.42. The average molecular weight is 377 g/mol. The minimum Gasteiger partial charge on any atom is -0.495 e. The average Bonchev–Trinajstić information content (AvgIpc) is 2.49. The monoisotopic (exact) mass is 376 g/mol. The molecule has 136 valence electrons. The van der Waals surface area contributed by atoms with Gasteiger partial charge >= 0.3 is 0 Å². The number of amides is 1. The number of sulfonamides is 1. The van der Waals surface area contributed by atoms with Gasteiger partial charge in [-0.2, -0.15) is 4.31 Å². The van der Waals surface area contributed by atoms with Crippen molar-refractivity contribution in [2.45, 2.75) is 32.6 Å². The third-order valence-electron chi connectivity index (χ3n) is 3.25. The van der Waals surface area contributed by atoms with Crippen molar-refractivity contribution in [3.05, 3.63) is 23.2 Å². The van der Waals surface area contributed by atoms with E-state index in [1.54, 1.807) is 6.92 Å². The lowest BCUT2D eigenvalue weighted by atomic mass is 9.97. The SMILES string of the molecule is CCN(CC(=O)NCC(C)(C)C)S(=O)(=O)c1ccc(OC)c(Cl)c1. The van der Waals surface area contributed by atoms with Crippen molar-refractivity contribution in [2.75, 3.05) is 26.7 Å². The van der Waals surface area contributed by atoms with E-state index in [1.165, 1.54) is 25.3 Å². The highest BCUT2D eigenvalue weighted by molar-refractivity contribution is 7.89. The van der Waals surface area contributed by atoms with Crippen molar-refractivity contribution in [1.29, 1.82) is 0 Å². The quantitative estimate of drug-likeness (QED) is 0.793. The number of benzene rings is 1. The fraction of sp³-hybridized carbons (Fsp3) is 0.562. The summed E-state index contributed by atoms with van der Waals surface area (Å²) in [5.41, 5.74) is -0.0743. The minimum absolute atomic E-state index is 0.0266. The largest absolute Gasteiger partial charge is 0.495 e. The first-order chi connectivity index (χ1) is 11.0. The molecule has 6 nitrogen and oxygen atoms in total. The van der Waals surface area contributed by atoms with Crippen LogP contribution < -0.4 is 10.1 Å². The number of carbonyl (C=O) groups excluding carboxylic acids is 1. The van der Waals surface area contributed by atoms with E-state index in [1.807, 2.05) is 20.8 Å². The molecule has 1 rings (SSSR count). The van der Waals surface area contributed by atoms with Crippen molar-refractivity contribution in [3.63, 3.8) is 0 Å². The Balaban J connectivity index is 2.93. The molecule has 8 heteroatoms. The number of ether oxygens (including phenoxy) is 1. The molecule has 1 amide bonds. The molecule has 0 atom stereocenters. The number of hydrogen-bond donors (Lipinski definition) is 1. The summed E-state index contributed by atoms with van der Waals surface area (Å²) in [6.07, 6.45) is 0. The first kappa shape index (κ1) is 20.7. The summed E-state index contributed by atoms with van der Waals surface area (Å²) >= 11 is 6.00. The van der Waals surface area contributed by atoms with Crippen molar-refractivity contribution < 1.29 is 17.9 Å². The van der Waals surface area contributed by atoms with E-state index in [9.17, 15) is 13.2 Å². The van der Waals surface area contributed by atoms with Crippen LogP contribution in [0.4, 0.5) is 0 Å². The lowest BCUT2D eigenvalue weighted by Gasteiger charge is -2.23. The zero-order valence-electron chi connectivity index (χ0n) is 14.7. The van der Waals surface area contributed by atoms with Gasteiger partial charge in [0.1, 0.15) is 5.75 Å². The topological polar surface area (TPSA) is 75.7 Å². The van der Waals surface area contributed by atoms with Crippen LogP contribution in [0.25, 0.3) is 0 Å². The summed E-state index contributed by atoms with van der Waals surface area (Å²) in [5, 5.41) is 2.95. The van der Waals surface area contributed by atoms with Crippen molar-refractivity contribution >= 4 is 27.5 Å². The summed E-state index contributed by atoms with van der Waals surface area (Å²) in [6.45, 7) is 8.05. The molecule has 0 fully saturated rings. The summed E-state index contributed by atoms with van der Waals surface area (Å²) in [7, 11) is -2.36. The van der Waals surface area contributed by atoms with Gasteiger partial charge in [-0.05, 0) is 23.6 Å². The summed E-state index contributed by atoms with van der Waals surface area (Å²) in [4.78, 5) is 12.1. The smallest absolute Gasteiger partial charge is 0.243 e. The van der Waals surface area contributed by atoms with Crippen molar-refractivity contribution in [3.8, 4) is 5.75 Å². The molecule has 0 radical (unpaired) electrons. The molecule has 24 heavy (non-hydrogen) atoms. The highest BCUT2D eigenvalue weighted by atomic mass is 35.5. The van der Waals surface area contributed by atoms with E-state index in [2.05, 4.69) is 5.32 Å². The molecule has 0 aliphatic rings. The number of carbonyl (C=O) groups is 1. The van der Waals surface area contributed by atoms with Gasteiger partial charge < -0.3 is 10.1 Å². The summed E-state index contributed by atoms with van der Waals surface area (Å²) in [6, 6.07) is 4.23. The molecule has 0 aliphatic heterocycles. The van der Waals surface area contributed by atoms with Gasteiger partial charge in [0.15, 0.2) is 0 Å². The molecule has 1 aromatic rings. The van der Waals surface area contributed by atoms with Crippen LogP contribution in [0.15, 0.2) is 23.1 Å². The van der Waals surface area contributed by atoms with Gasteiger partial charge in [-0.25, -0.2) is 8.42 Å². The van der Waals surface area contributed by atoms with Crippen molar-refractivity contribution in [2.24, 2.45) is 5.41 Å². The zero-order chi connectivity index (χ0) is 18.5. The Hall–Kier alpha value is -1.31. The molecule has 0 unspecified atom stereocenters. The number of nitrogens with one attached hydrogen (secondary N) is 1. The number of hydrogen-bond acceptors (Lipinski definition) is 4. The van der Waals surface area contributed by atoms with Crippen LogP contribution in [0.2, 0.25) is 5.02 Å². The maximum Gasteiger partial charge on any atom is 0.243 e. The van der Waals surface area contributed by atoms with E-state index >= 15 is 0 Å². The van der Waals surface area contributed by atoms with Crippen molar-refractivity contribution in [1.82, 2.24) is 9.62 Å². The molecule has 0 aliphatic carbocycles. The standard InChI is InChI=1S/C16H25ClN2O4S/c1-6-19(10-15(20)18-11-16(2,3)4)24(21,22)12-7-8-14(23-5)13(17)9-12/h7-9H,6,10-11H2,1-5H3,(H,18,20). The van der Waals surface area contributed by atoms with Crippen LogP contribution >= 0.6 is 11.6 Å². The third-order valence-corrected chi connectivity index (χ3v) is 5.46. The first-order valence-electron chi connectivity index (χ1n) is 7.61.